The smallest absolute Gasteiger partial charge is 0.404 e. The summed E-state index contributed by atoms with van der Waals surface area (Å²) in [6.45, 7) is -0.0285. The van der Waals surface area contributed by atoms with Gasteiger partial charge in [0.25, 0.3) is 0 Å². The number of hydrogen-bond acceptors (Lipinski definition) is 3. The van der Waals surface area contributed by atoms with E-state index in [4.69, 9.17) is 10.8 Å². The Balaban J connectivity index is 2.56. The summed E-state index contributed by atoms with van der Waals surface area (Å²) in [5.41, 5.74) is 6.69. The van der Waals surface area contributed by atoms with Gasteiger partial charge in [-0.05, 0) is 17.7 Å². The number of carbonyl (C=O) groups is 1. The molecule has 14 heavy (non-hydrogen) atoms. The first-order valence-electron chi connectivity index (χ1n) is 4.10. The molecule has 1 rings (SSSR count). The molecule has 0 aliphatic carbocycles. The topological polar surface area (TPSA) is 95.6 Å². The van der Waals surface area contributed by atoms with E-state index in [1.807, 2.05) is 0 Å². The van der Waals surface area contributed by atoms with E-state index in [2.05, 4.69) is 5.32 Å². The van der Waals surface area contributed by atoms with Crippen molar-refractivity contribution >= 4 is 11.8 Å². The first-order chi connectivity index (χ1) is 6.59. The predicted molar refractivity (Wildman–Crippen MR) is 51.8 cm³/mol. The monoisotopic (exact) mass is 196 g/mol. The Bertz CT molecular complexity index is 310. The minimum absolute atomic E-state index is 0.0285. The molecule has 0 bridgehead atoms. The minimum Gasteiger partial charge on any atom is -0.465 e. The Hall–Kier alpha value is -1.75. The molecule has 76 valence electrons. The van der Waals surface area contributed by atoms with Crippen molar-refractivity contribution in [3.63, 3.8) is 0 Å². The van der Waals surface area contributed by atoms with Gasteiger partial charge in [-0.15, -0.1) is 0 Å². The van der Waals surface area contributed by atoms with Crippen LogP contribution in [0.3, 0.4) is 0 Å². The molecule has 5 heteroatoms. The standard InChI is InChI=1S/C9H12N2O3/c10-7-3-1-6(2-4-7)8(12)5-11-9(13)14/h1-4,8,11-12H,5,10H2,(H,13,14)/t8-/m0/s1. The predicted octanol–water partition coefficient (Wildman–Crippen LogP) is 0.570. The Labute approximate surface area is 81.2 Å². The number of benzene rings is 1. The highest BCUT2D eigenvalue weighted by Gasteiger charge is 2.07. The van der Waals surface area contributed by atoms with Gasteiger partial charge in [0.1, 0.15) is 0 Å². The second-order valence-electron chi connectivity index (χ2n) is 2.87. The Morgan fingerprint density at radius 3 is 2.50 bits per heavy atom. The van der Waals surface area contributed by atoms with Crippen LogP contribution in [0.15, 0.2) is 24.3 Å². The molecule has 0 spiro atoms. The summed E-state index contributed by atoms with van der Waals surface area (Å²) in [4.78, 5) is 10.1. The van der Waals surface area contributed by atoms with Crippen LogP contribution in [0.2, 0.25) is 0 Å². The number of anilines is 1. The van der Waals surface area contributed by atoms with Crippen LogP contribution in [0.5, 0.6) is 0 Å². The molecule has 0 aliphatic heterocycles. The lowest BCUT2D eigenvalue weighted by molar-refractivity contribution is 0.159. The molecule has 0 fully saturated rings. The molecule has 0 heterocycles. The average Bonchev–Trinajstić information content (AvgIpc) is 2.15. The van der Waals surface area contributed by atoms with E-state index in [1.54, 1.807) is 24.3 Å². The van der Waals surface area contributed by atoms with Crippen molar-refractivity contribution < 1.29 is 15.0 Å². The number of nitrogens with one attached hydrogen (secondary N) is 1. The van der Waals surface area contributed by atoms with Gasteiger partial charge in [0, 0.05) is 5.69 Å². The lowest BCUT2D eigenvalue weighted by atomic mass is 10.1. The van der Waals surface area contributed by atoms with E-state index >= 15 is 0 Å². The number of aliphatic hydroxyl groups excluding tert-OH is 1. The van der Waals surface area contributed by atoms with Crippen LogP contribution in [-0.2, 0) is 0 Å². The van der Waals surface area contributed by atoms with Crippen molar-refractivity contribution in [1.82, 2.24) is 5.32 Å². The highest BCUT2D eigenvalue weighted by atomic mass is 16.4. The third-order valence-electron chi connectivity index (χ3n) is 1.77. The van der Waals surface area contributed by atoms with Gasteiger partial charge in [0.05, 0.1) is 12.6 Å². The quantitative estimate of drug-likeness (QED) is 0.531. The number of rotatable bonds is 3. The van der Waals surface area contributed by atoms with Crippen LogP contribution in [-0.4, -0.2) is 22.9 Å². The molecular formula is C9H12N2O3. The minimum atomic E-state index is -1.15. The molecule has 1 aromatic rings. The molecular weight excluding hydrogens is 184 g/mol. The summed E-state index contributed by atoms with van der Waals surface area (Å²) in [7, 11) is 0. The number of carboxylic acid groups (broad SMARTS) is 1. The molecule has 0 saturated heterocycles. The average molecular weight is 196 g/mol. The zero-order valence-electron chi connectivity index (χ0n) is 7.47. The molecule has 0 aliphatic rings. The van der Waals surface area contributed by atoms with Gasteiger partial charge in [-0.2, -0.15) is 0 Å². The SMILES string of the molecule is Nc1ccc([C@@H](O)CNC(=O)O)cc1. The molecule has 0 radical (unpaired) electrons. The maximum Gasteiger partial charge on any atom is 0.404 e. The van der Waals surface area contributed by atoms with E-state index in [0.717, 1.165) is 0 Å². The van der Waals surface area contributed by atoms with Crippen molar-refractivity contribution in [3.05, 3.63) is 29.8 Å². The second-order valence-corrected chi connectivity index (χ2v) is 2.87. The molecule has 1 atom stereocenters. The van der Waals surface area contributed by atoms with Gasteiger partial charge in [-0.1, -0.05) is 12.1 Å². The highest BCUT2D eigenvalue weighted by Crippen LogP contribution is 2.13. The third kappa shape index (κ3) is 2.95. The van der Waals surface area contributed by atoms with Crippen LogP contribution in [0.4, 0.5) is 10.5 Å². The van der Waals surface area contributed by atoms with E-state index in [-0.39, 0.29) is 6.54 Å². The lowest BCUT2D eigenvalue weighted by Gasteiger charge is -2.10. The summed E-state index contributed by atoms with van der Waals surface area (Å²) in [6.07, 6.45) is -1.99. The Morgan fingerprint density at radius 2 is 2.00 bits per heavy atom. The summed E-state index contributed by atoms with van der Waals surface area (Å²) >= 11 is 0. The van der Waals surface area contributed by atoms with E-state index in [1.165, 1.54) is 0 Å². The normalized spacial score (nSPS) is 12.1. The fraction of sp³-hybridized carbons (Fsp3) is 0.222. The van der Waals surface area contributed by atoms with Gasteiger partial charge >= 0.3 is 6.09 Å². The Morgan fingerprint density at radius 1 is 1.43 bits per heavy atom. The number of aliphatic hydroxyl groups is 1. The van der Waals surface area contributed by atoms with Crippen LogP contribution < -0.4 is 11.1 Å². The van der Waals surface area contributed by atoms with Gasteiger partial charge in [-0.25, -0.2) is 4.79 Å². The van der Waals surface area contributed by atoms with Crippen molar-refractivity contribution in [1.29, 1.82) is 0 Å². The fourth-order valence-corrected chi connectivity index (χ4v) is 1.02. The zero-order chi connectivity index (χ0) is 10.6. The van der Waals surface area contributed by atoms with Crippen molar-refractivity contribution in [2.45, 2.75) is 6.10 Å². The molecule has 1 aromatic carbocycles. The molecule has 0 unspecified atom stereocenters. The number of hydrogen-bond donors (Lipinski definition) is 4. The number of nitrogen functional groups attached to an aromatic ring is 1. The zero-order valence-corrected chi connectivity index (χ0v) is 7.47. The van der Waals surface area contributed by atoms with Gasteiger partial charge < -0.3 is 21.3 Å². The molecule has 5 nitrogen and oxygen atoms in total. The third-order valence-corrected chi connectivity index (χ3v) is 1.77. The summed E-state index contributed by atoms with van der Waals surface area (Å²) < 4.78 is 0. The van der Waals surface area contributed by atoms with Gasteiger partial charge in [0.15, 0.2) is 0 Å². The van der Waals surface area contributed by atoms with Gasteiger partial charge in [-0.3, -0.25) is 0 Å². The summed E-state index contributed by atoms with van der Waals surface area (Å²) in [6, 6.07) is 6.62. The Kier molecular flexibility index (Phi) is 3.30. The maximum atomic E-state index is 10.1. The second kappa shape index (κ2) is 4.48. The van der Waals surface area contributed by atoms with Gasteiger partial charge in [0.2, 0.25) is 0 Å². The first-order valence-corrected chi connectivity index (χ1v) is 4.10. The molecule has 0 aromatic heterocycles. The number of nitrogens with two attached hydrogens (primary N) is 1. The van der Waals surface area contributed by atoms with Crippen LogP contribution >= 0.6 is 0 Å². The fourth-order valence-electron chi connectivity index (χ4n) is 1.02. The van der Waals surface area contributed by atoms with Crippen LogP contribution in [0.25, 0.3) is 0 Å². The molecule has 1 amide bonds. The summed E-state index contributed by atoms with van der Waals surface area (Å²) in [5.74, 6) is 0. The van der Waals surface area contributed by atoms with Crippen molar-refractivity contribution in [2.24, 2.45) is 0 Å². The first kappa shape index (κ1) is 10.3. The van der Waals surface area contributed by atoms with Crippen LogP contribution in [0, 0.1) is 0 Å². The van der Waals surface area contributed by atoms with Crippen LogP contribution in [0.1, 0.15) is 11.7 Å². The van der Waals surface area contributed by atoms with E-state index in [9.17, 15) is 9.90 Å². The lowest BCUT2D eigenvalue weighted by Crippen LogP contribution is -2.26. The number of amides is 1. The molecule has 5 N–H and O–H groups in total. The molecule has 0 saturated carbocycles. The van der Waals surface area contributed by atoms with Crippen molar-refractivity contribution in [2.75, 3.05) is 12.3 Å². The highest BCUT2D eigenvalue weighted by molar-refractivity contribution is 5.64. The van der Waals surface area contributed by atoms with E-state index < -0.39 is 12.2 Å². The summed E-state index contributed by atoms with van der Waals surface area (Å²) in [5, 5.41) is 19.9. The van der Waals surface area contributed by atoms with E-state index in [0.29, 0.717) is 11.3 Å². The van der Waals surface area contributed by atoms with Crippen molar-refractivity contribution in [3.8, 4) is 0 Å². The largest absolute Gasteiger partial charge is 0.465 e. The maximum absolute atomic E-state index is 10.1.